The minimum Gasteiger partial charge on any atom is -0.448 e. The second kappa shape index (κ2) is 12.5. The molecule has 0 bridgehead atoms. The summed E-state index contributed by atoms with van der Waals surface area (Å²) in [6, 6.07) is 40.7. The van der Waals surface area contributed by atoms with Crippen LogP contribution in [0.1, 0.15) is 52.1 Å². The zero-order valence-corrected chi connectivity index (χ0v) is 26.3. The number of nitrogens with zero attached hydrogens (tertiary/aromatic N) is 1. The smallest absolute Gasteiger partial charge is 0.410 e. The normalized spacial score (nSPS) is 16.7. The summed E-state index contributed by atoms with van der Waals surface area (Å²) in [6.07, 6.45) is 0.628. The number of carbonyl (C=O) groups is 2. The van der Waals surface area contributed by atoms with Gasteiger partial charge in [-0.1, -0.05) is 138 Å². The van der Waals surface area contributed by atoms with Crippen molar-refractivity contribution in [1.82, 2.24) is 4.90 Å². The Kier molecular flexibility index (Phi) is 8.10. The predicted octanol–water partition coefficient (Wildman–Crippen LogP) is 8.90. The molecule has 2 atom stereocenters. The van der Waals surface area contributed by atoms with Gasteiger partial charge in [-0.15, -0.1) is 0 Å². The van der Waals surface area contributed by atoms with Gasteiger partial charge >= 0.3 is 12.1 Å². The van der Waals surface area contributed by atoms with Gasteiger partial charge < -0.3 is 9.47 Å². The fraction of sp³-hybridized carbons (Fsp3) is 0.200. The highest BCUT2D eigenvalue weighted by Crippen LogP contribution is 2.46. The number of halogens is 1. The van der Waals surface area contributed by atoms with Crippen molar-refractivity contribution < 1.29 is 19.1 Å². The highest BCUT2D eigenvalue weighted by molar-refractivity contribution is 6.31. The lowest BCUT2D eigenvalue weighted by Crippen LogP contribution is -2.46. The maximum atomic E-state index is 14.3. The number of hydrogen-bond donors (Lipinski definition) is 0. The lowest BCUT2D eigenvalue weighted by Gasteiger charge is -2.37. The Hall–Kier alpha value is -4.87. The summed E-state index contributed by atoms with van der Waals surface area (Å²) in [6.45, 7) is 2.60. The first-order chi connectivity index (χ1) is 22.5. The van der Waals surface area contributed by atoms with Crippen LogP contribution in [-0.4, -0.2) is 36.2 Å². The third-order valence-electron chi connectivity index (χ3n) is 9.24. The second-order valence-electron chi connectivity index (χ2n) is 12.0. The first-order valence-corrected chi connectivity index (χ1v) is 16.1. The van der Waals surface area contributed by atoms with Crippen molar-refractivity contribution in [2.75, 3.05) is 13.2 Å². The van der Waals surface area contributed by atoms with E-state index in [1.807, 2.05) is 104 Å². The van der Waals surface area contributed by atoms with Crippen LogP contribution in [0.5, 0.6) is 0 Å². The molecule has 0 aromatic heterocycles. The van der Waals surface area contributed by atoms with Crippen molar-refractivity contribution in [2.45, 2.75) is 37.3 Å². The molecule has 1 aliphatic carbocycles. The number of carbonyl (C=O) groups excluding carboxylic acids is 2. The van der Waals surface area contributed by atoms with Crippen LogP contribution in [0.3, 0.4) is 0 Å². The first kappa shape index (κ1) is 29.8. The van der Waals surface area contributed by atoms with Crippen LogP contribution in [0, 0.1) is 6.92 Å². The van der Waals surface area contributed by atoms with Gasteiger partial charge in [-0.2, -0.15) is 0 Å². The van der Waals surface area contributed by atoms with Crippen LogP contribution < -0.4 is 0 Å². The van der Waals surface area contributed by atoms with Gasteiger partial charge in [0, 0.05) is 34.2 Å². The van der Waals surface area contributed by atoms with Crippen LogP contribution in [0.25, 0.3) is 11.1 Å². The van der Waals surface area contributed by atoms with Crippen molar-refractivity contribution in [3.8, 4) is 11.1 Å². The van der Waals surface area contributed by atoms with E-state index in [1.54, 1.807) is 6.07 Å². The number of likely N-dealkylation sites (tertiary alicyclic amines) is 1. The van der Waals surface area contributed by atoms with E-state index in [0.29, 0.717) is 30.0 Å². The first-order valence-electron chi connectivity index (χ1n) is 15.7. The molecule has 2 aliphatic rings. The van der Waals surface area contributed by atoms with Crippen LogP contribution >= 0.6 is 11.6 Å². The largest absolute Gasteiger partial charge is 0.448 e. The lowest BCUT2D eigenvalue weighted by molar-refractivity contribution is -0.158. The van der Waals surface area contributed by atoms with E-state index in [2.05, 4.69) is 24.3 Å². The minimum atomic E-state index is -1.35. The van der Waals surface area contributed by atoms with Gasteiger partial charge in [0.25, 0.3) is 0 Å². The standard InChI is InChI=1S/C40H34ClNO4/c1-27-21-23-29(24-22-27)40(28-12-3-2-4-13-28,35-18-9-10-19-36(35)41)46-38(43)37-20-11-25-42(37)39(44)45-26-34-32-16-7-5-14-30(32)31-15-6-8-17-33(31)34/h2-10,12-19,21-24,34,37H,11,20,25-26H2,1H3. The van der Waals surface area contributed by atoms with Crippen molar-refractivity contribution in [3.63, 3.8) is 0 Å². The molecule has 1 fully saturated rings. The topological polar surface area (TPSA) is 55.8 Å². The fourth-order valence-electron chi connectivity index (χ4n) is 6.98. The monoisotopic (exact) mass is 627 g/mol. The van der Waals surface area contributed by atoms with Crippen molar-refractivity contribution >= 4 is 23.7 Å². The molecule has 7 rings (SSSR count). The van der Waals surface area contributed by atoms with E-state index in [4.69, 9.17) is 21.1 Å². The van der Waals surface area contributed by atoms with Crippen LogP contribution in [0.2, 0.25) is 5.02 Å². The Labute approximate surface area is 274 Å². The molecule has 1 saturated heterocycles. The SMILES string of the molecule is Cc1ccc(C(OC(=O)C2CCCN2C(=O)OCC2c3ccccc3-c3ccccc32)(c2ccccc2)c2ccccc2Cl)cc1. The molecule has 1 amide bonds. The molecule has 230 valence electrons. The summed E-state index contributed by atoms with van der Waals surface area (Å²) in [5, 5.41) is 0.472. The van der Waals surface area contributed by atoms with Crippen molar-refractivity contribution in [1.29, 1.82) is 0 Å². The Balaban J connectivity index is 1.19. The number of amides is 1. The van der Waals surface area contributed by atoms with E-state index in [9.17, 15) is 9.59 Å². The molecular weight excluding hydrogens is 594 g/mol. The number of hydrogen-bond acceptors (Lipinski definition) is 4. The van der Waals surface area contributed by atoms with Crippen molar-refractivity contribution in [3.05, 3.63) is 166 Å². The quantitative estimate of drug-likeness (QED) is 0.134. The molecule has 0 N–H and O–H groups in total. The summed E-state index contributed by atoms with van der Waals surface area (Å²) < 4.78 is 12.7. The maximum absolute atomic E-state index is 14.3. The summed E-state index contributed by atoms with van der Waals surface area (Å²) in [4.78, 5) is 29.6. The van der Waals surface area contributed by atoms with Crippen LogP contribution in [0.15, 0.2) is 127 Å². The number of esters is 1. The molecular formula is C40H34ClNO4. The summed E-state index contributed by atoms with van der Waals surface area (Å²) in [7, 11) is 0. The van der Waals surface area contributed by atoms with Gasteiger partial charge in [-0.25, -0.2) is 9.59 Å². The predicted molar refractivity (Wildman–Crippen MR) is 180 cm³/mol. The Morgan fingerprint density at radius 2 is 1.35 bits per heavy atom. The molecule has 6 heteroatoms. The molecule has 5 aromatic carbocycles. The highest BCUT2D eigenvalue weighted by Gasteiger charge is 2.46. The Morgan fingerprint density at radius 1 is 0.761 bits per heavy atom. The van der Waals surface area contributed by atoms with E-state index in [-0.39, 0.29) is 12.5 Å². The van der Waals surface area contributed by atoms with E-state index < -0.39 is 23.7 Å². The van der Waals surface area contributed by atoms with E-state index in [1.165, 1.54) is 4.90 Å². The molecule has 5 aromatic rings. The van der Waals surface area contributed by atoms with E-state index in [0.717, 1.165) is 38.9 Å². The third kappa shape index (κ3) is 5.25. The van der Waals surface area contributed by atoms with Gasteiger partial charge in [0.05, 0.1) is 0 Å². The Morgan fingerprint density at radius 3 is 2.02 bits per heavy atom. The lowest BCUT2D eigenvalue weighted by atomic mass is 9.79. The van der Waals surface area contributed by atoms with Crippen LogP contribution in [0.4, 0.5) is 4.79 Å². The molecule has 5 nitrogen and oxygen atoms in total. The Bertz CT molecular complexity index is 1840. The highest BCUT2D eigenvalue weighted by atomic mass is 35.5. The fourth-order valence-corrected chi connectivity index (χ4v) is 7.25. The number of rotatable bonds is 7. The molecule has 0 radical (unpaired) electrons. The number of ether oxygens (including phenoxy) is 2. The van der Waals surface area contributed by atoms with Gasteiger partial charge in [-0.3, -0.25) is 4.90 Å². The molecule has 2 unspecified atom stereocenters. The van der Waals surface area contributed by atoms with Gasteiger partial charge in [0.1, 0.15) is 12.6 Å². The zero-order chi connectivity index (χ0) is 31.7. The van der Waals surface area contributed by atoms with Gasteiger partial charge in [-0.05, 0) is 48.1 Å². The summed E-state index contributed by atoms with van der Waals surface area (Å²) >= 11 is 6.86. The zero-order valence-electron chi connectivity index (χ0n) is 25.6. The third-order valence-corrected chi connectivity index (χ3v) is 9.57. The summed E-state index contributed by atoms with van der Waals surface area (Å²) in [5.41, 5.74) is 6.49. The van der Waals surface area contributed by atoms with E-state index >= 15 is 0 Å². The second-order valence-corrected chi connectivity index (χ2v) is 12.4. The molecule has 46 heavy (non-hydrogen) atoms. The number of fused-ring (bicyclic) bond motifs is 3. The van der Waals surface area contributed by atoms with Gasteiger partial charge in [0.2, 0.25) is 0 Å². The molecule has 1 heterocycles. The summed E-state index contributed by atoms with van der Waals surface area (Å²) in [5.74, 6) is -0.577. The maximum Gasteiger partial charge on any atom is 0.410 e. The number of aryl methyl sites for hydroxylation is 1. The average Bonchev–Trinajstić information content (AvgIpc) is 3.71. The van der Waals surface area contributed by atoms with Gasteiger partial charge in [0.15, 0.2) is 5.60 Å². The minimum absolute atomic E-state index is 0.0724. The van der Waals surface area contributed by atoms with Crippen LogP contribution in [-0.2, 0) is 19.9 Å². The van der Waals surface area contributed by atoms with Crippen molar-refractivity contribution in [2.24, 2.45) is 0 Å². The molecule has 0 saturated carbocycles. The average molecular weight is 628 g/mol. The molecule has 0 spiro atoms. The number of benzene rings is 5. The molecule has 1 aliphatic heterocycles.